The second-order valence-electron chi connectivity index (χ2n) is 3.08. The van der Waals surface area contributed by atoms with Gasteiger partial charge >= 0.3 is 5.97 Å². The molecular formula is C8H11BrN2O3. The minimum Gasteiger partial charge on any atom is -0.480 e. The van der Waals surface area contributed by atoms with Crippen LogP contribution in [-0.4, -0.2) is 47.6 Å². The zero-order valence-corrected chi connectivity index (χ0v) is 9.08. The smallest absolute Gasteiger partial charge is 0.322 e. The van der Waals surface area contributed by atoms with Gasteiger partial charge in [-0.2, -0.15) is 0 Å². The molecule has 0 aliphatic carbocycles. The first-order chi connectivity index (χ1) is 6.50. The predicted octanol–water partition coefficient (Wildman–Crippen LogP) is -0.220. The standard InChI is InChI=1S/C8H11BrN2O3/c1-5(9)3-11-4-7(12)10-2-6(11)8(13)14/h6H,1-4H2,(H,10,12)(H,13,14). The maximum absolute atomic E-state index is 11.0. The van der Waals surface area contributed by atoms with E-state index in [4.69, 9.17) is 5.11 Å². The summed E-state index contributed by atoms with van der Waals surface area (Å²) in [4.78, 5) is 23.4. The van der Waals surface area contributed by atoms with Gasteiger partial charge in [-0.15, -0.1) is 0 Å². The highest BCUT2D eigenvalue weighted by Crippen LogP contribution is 2.10. The van der Waals surface area contributed by atoms with Gasteiger partial charge in [-0.05, 0) is 0 Å². The molecule has 1 fully saturated rings. The number of carbonyl (C=O) groups is 2. The summed E-state index contributed by atoms with van der Waals surface area (Å²) in [5, 5.41) is 11.4. The van der Waals surface area contributed by atoms with Crippen molar-refractivity contribution in [2.75, 3.05) is 19.6 Å². The first-order valence-electron chi connectivity index (χ1n) is 4.07. The van der Waals surface area contributed by atoms with E-state index in [1.54, 1.807) is 4.90 Å². The zero-order chi connectivity index (χ0) is 10.7. The molecule has 0 aromatic carbocycles. The molecule has 0 aromatic heterocycles. The number of carboxylic acid groups (broad SMARTS) is 1. The number of halogens is 1. The number of piperazine rings is 1. The molecule has 1 rings (SSSR count). The van der Waals surface area contributed by atoms with Gasteiger partial charge in [0.25, 0.3) is 0 Å². The third-order valence-corrected chi connectivity index (χ3v) is 2.19. The average molecular weight is 263 g/mol. The molecule has 1 saturated heterocycles. The topological polar surface area (TPSA) is 69.6 Å². The molecule has 0 bridgehead atoms. The summed E-state index contributed by atoms with van der Waals surface area (Å²) >= 11 is 3.15. The Hall–Kier alpha value is -0.880. The van der Waals surface area contributed by atoms with Crippen LogP contribution in [0.25, 0.3) is 0 Å². The van der Waals surface area contributed by atoms with Crippen LogP contribution in [0.5, 0.6) is 0 Å². The van der Waals surface area contributed by atoms with Gasteiger partial charge in [0.2, 0.25) is 5.91 Å². The number of rotatable bonds is 3. The highest BCUT2D eigenvalue weighted by molar-refractivity contribution is 9.11. The highest BCUT2D eigenvalue weighted by atomic mass is 79.9. The number of nitrogens with one attached hydrogen (secondary N) is 1. The fraction of sp³-hybridized carbons (Fsp3) is 0.500. The third-order valence-electron chi connectivity index (χ3n) is 1.94. The third kappa shape index (κ3) is 2.81. The first-order valence-corrected chi connectivity index (χ1v) is 4.87. The van der Waals surface area contributed by atoms with E-state index in [-0.39, 0.29) is 19.0 Å². The Balaban J connectivity index is 2.68. The quantitative estimate of drug-likeness (QED) is 0.738. The van der Waals surface area contributed by atoms with Crippen molar-refractivity contribution in [1.29, 1.82) is 0 Å². The van der Waals surface area contributed by atoms with Crippen molar-refractivity contribution in [3.8, 4) is 0 Å². The molecule has 1 atom stereocenters. The molecule has 2 N–H and O–H groups in total. The van der Waals surface area contributed by atoms with Gasteiger partial charge in [0, 0.05) is 17.6 Å². The number of hydrogen-bond donors (Lipinski definition) is 2. The van der Waals surface area contributed by atoms with Crippen LogP contribution in [0.1, 0.15) is 0 Å². The molecule has 78 valence electrons. The van der Waals surface area contributed by atoms with Crippen LogP contribution in [0.4, 0.5) is 0 Å². The number of hydrogen-bond acceptors (Lipinski definition) is 3. The summed E-state index contributed by atoms with van der Waals surface area (Å²) in [5.74, 6) is -1.09. The summed E-state index contributed by atoms with van der Waals surface area (Å²) in [6, 6.07) is -0.665. The largest absolute Gasteiger partial charge is 0.480 e. The van der Waals surface area contributed by atoms with E-state index in [0.29, 0.717) is 11.0 Å². The van der Waals surface area contributed by atoms with E-state index < -0.39 is 12.0 Å². The van der Waals surface area contributed by atoms with E-state index in [0.717, 1.165) is 0 Å². The molecule has 1 heterocycles. The summed E-state index contributed by atoms with van der Waals surface area (Å²) in [6.45, 7) is 4.23. The normalized spacial score (nSPS) is 22.9. The Morgan fingerprint density at radius 3 is 2.93 bits per heavy atom. The molecule has 1 amide bonds. The molecule has 0 aromatic rings. The van der Waals surface area contributed by atoms with Gasteiger partial charge in [-0.25, -0.2) is 0 Å². The van der Waals surface area contributed by atoms with E-state index >= 15 is 0 Å². The van der Waals surface area contributed by atoms with Gasteiger partial charge in [0.15, 0.2) is 0 Å². The maximum Gasteiger partial charge on any atom is 0.322 e. The molecule has 5 nitrogen and oxygen atoms in total. The minimum atomic E-state index is -0.932. The van der Waals surface area contributed by atoms with Crippen molar-refractivity contribution < 1.29 is 14.7 Å². The monoisotopic (exact) mass is 262 g/mol. The first kappa shape index (κ1) is 11.2. The van der Waals surface area contributed by atoms with Gasteiger partial charge in [0.05, 0.1) is 6.54 Å². The Morgan fingerprint density at radius 1 is 1.79 bits per heavy atom. The van der Waals surface area contributed by atoms with Gasteiger partial charge in [-0.3, -0.25) is 14.5 Å². The van der Waals surface area contributed by atoms with Crippen LogP contribution in [-0.2, 0) is 9.59 Å². The lowest BCUT2D eigenvalue weighted by molar-refractivity contribution is -0.145. The van der Waals surface area contributed by atoms with E-state index in [1.807, 2.05) is 0 Å². The van der Waals surface area contributed by atoms with Crippen molar-refractivity contribution in [2.45, 2.75) is 6.04 Å². The van der Waals surface area contributed by atoms with Gasteiger partial charge in [-0.1, -0.05) is 22.5 Å². The summed E-state index contributed by atoms with van der Waals surface area (Å²) in [7, 11) is 0. The highest BCUT2D eigenvalue weighted by Gasteiger charge is 2.31. The van der Waals surface area contributed by atoms with Crippen LogP contribution in [0.15, 0.2) is 11.1 Å². The second kappa shape index (κ2) is 4.56. The molecule has 6 heteroatoms. The summed E-state index contributed by atoms with van der Waals surface area (Å²) < 4.78 is 0.665. The Morgan fingerprint density at radius 2 is 2.43 bits per heavy atom. The van der Waals surface area contributed by atoms with Crippen molar-refractivity contribution in [2.24, 2.45) is 0 Å². The van der Waals surface area contributed by atoms with Crippen molar-refractivity contribution in [1.82, 2.24) is 10.2 Å². The van der Waals surface area contributed by atoms with Crippen LogP contribution in [0.2, 0.25) is 0 Å². The molecule has 0 spiro atoms. The molecule has 14 heavy (non-hydrogen) atoms. The molecule has 0 saturated carbocycles. The number of nitrogens with zero attached hydrogens (tertiary/aromatic N) is 1. The predicted molar refractivity (Wildman–Crippen MR) is 54.1 cm³/mol. The lowest BCUT2D eigenvalue weighted by Crippen LogP contribution is -2.57. The van der Waals surface area contributed by atoms with Crippen LogP contribution >= 0.6 is 15.9 Å². The molecule has 0 radical (unpaired) electrons. The van der Waals surface area contributed by atoms with Crippen LogP contribution in [0.3, 0.4) is 0 Å². The lowest BCUT2D eigenvalue weighted by atomic mass is 10.2. The summed E-state index contributed by atoms with van der Waals surface area (Å²) in [5.41, 5.74) is 0. The summed E-state index contributed by atoms with van der Waals surface area (Å²) in [6.07, 6.45) is 0. The Labute approximate surface area is 89.9 Å². The minimum absolute atomic E-state index is 0.0988. The van der Waals surface area contributed by atoms with Crippen LogP contribution < -0.4 is 5.32 Å². The molecule has 1 aliphatic rings. The fourth-order valence-corrected chi connectivity index (χ4v) is 1.64. The van der Waals surface area contributed by atoms with Crippen LogP contribution in [0, 0.1) is 0 Å². The van der Waals surface area contributed by atoms with E-state index in [2.05, 4.69) is 27.8 Å². The maximum atomic E-state index is 11.0. The molecular weight excluding hydrogens is 252 g/mol. The van der Waals surface area contributed by atoms with E-state index in [1.165, 1.54) is 0 Å². The van der Waals surface area contributed by atoms with Crippen molar-refractivity contribution in [3.05, 3.63) is 11.1 Å². The zero-order valence-electron chi connectivity index (χ0n) is 7.49. The SMILES string of the molecule is C=C(Br)CN1CC(=O)NCC1C(=O)O. The lowest BCUT2D eigenvalue weighted by Gasteiger charge is -2.32. The second-order valence-corrected chi connectivity index (χ2v) is 4.20. The van der Waals surface area contributed by atoms with E-state index in [9.17, 15) is 9.59 Å². The molecule has 1 unspecified atom stereocenters. The Kier molecular flexibility index (Phi) is 3.65. The Bertz CT molecular complexity index is 278. The van der Waals surface area contributed by atoms with Crippen molar-refractivity contribution >= 4 is 27.8 Å². The molecule has 1 aliphatic heterocycles. The van der Waals surface area contributed by atoms with Gasteiger partial charge < -0.3 is 10.4 Å². The number of carboxylic acids is 1. The fourth-order valence-electron chi connectivity index (χ4n) is 1.32. The number of carbonyl (C=O) groups excluding carboxylic acids is 1. The number of amides is 1. The van der Waals surface area contributed by atoms with Gasteiger partial charge in [0.1, 0.15) is 6.04 Å². The number of aliphatic carboxylic acids is 1. The average Bonchev–Trinajstić information content (AvgIpc) is 2.01. The van der Waals surface area contributed by atoms with Crippen molar-refractivity contribution in [3.63, 3.8) is 0 Å².